The summed E-state index contributed by atoms with van der Waals surface area (Å²) in [5.41, 5.74) is 3.13. The molecule has 3 aliphatic heterocycles. The van der Waals surface area contributed by atoms with E-state index in [0.29, 0.717) is 95.5 Å². The molecule has 5 unspecified atom stereocenters. The van der Waals surface area contributed by atoms with Crippen LogP contribution in [0.2, 0.25) is 0 Å². The lowest BCUT2D eigenvalue weighted by Gasteiger charge is -2.44. The predicted octanol–water partition coefficient (Wildman–Crippen LogP) is 18.0. The largest absolute Gasteiger partial charge is 0.457 e. The van der Waals surface area contributed by atoms with Crippen LogP contribution in [0.25, 0.3) is 0 Å². The van der Waals surface area contributed by atoms with Gasteiger partial charge in [-0.2, -0.15) is 0 Å². The third kappa shape index (κ3) is 22.6. The van der Waals surface area contributed by atoms with Crippen LogP contribution in [0.15, 0.2) is 228 Å². The SMILES string of the molecule is C[C@@H]1CN(C(=O)C(c2cccs2)N(C(=O)CCl)c2ccc(Oc3ccccc3)cc2)CCN1.Cc1cc(Oc2ccccc2)ccc1N(C(=O)CCl)C(C(=O)N1CCN(C(=O)C(C)(C)C)C(C)C1)c1cccs1.Cc1cc(Oc2ccccc2)ccc1N(C(=O)CCl)C(C(=O)N1CCN(C(=O)c2ccc(F)cc2)C(C)C1)c1cccs1.Cl. The molecule has 3 saturated heterocycles. The molecule has 28 heteroatoms. The van der Waals surface area contributed by atoms with Crippen molar-refractivity contribution in [2.45, 2.75) is 91.6 Å². The first-order chi connectivity index (χ1) is 55.8. The lowest BCUT2D eigenvalue weighted by Crippen LogP contribution is -2.59. The van der Waals surface area contributed by atoms with E-state index in [-0.39, 0.29) is 103 Å². The van der Waals surface area contributed by atoms with Gasteiger partial charge in [0.25, 0.3) is 23.6 Å². The number of thiophene rings is 3. The van der Waals surface area contributed by atoms with Crippen molar-refractivity contribution < 1.29 is 57.0 Å². The zero-order valence-electron chi connectivity index (χ0n) is 66.1. The van der Waals surface area contributed by atoms with Gasteiger partial charge in [-0.1, -0.05) is 93.6 Å². The van der Waals surface area contributed by atoms with Crippen molar-refractivity contribution in [3.05, 3.63) is 266 Å². The van der Waals surface area contributed by atoms with Gasteiger partial charge in [0.05, 0.1) is 0 Å². The maximum absolute atomic E-state index is 14.3. The fourth-order valence-corrected chi connectivity index (χ4v) is 16.9. The lowest BCUT2D eigenvalue weighted by molar-refractivity contribution is -0.148. The number of ether oxygens (including phenoxy) is 3. The molecule has 8 amide bonds. The van der Waals surface area contributed by atoms with Crippen molar-refractivity contribution in [1.29, 1.82) is 0 Å². The summed E-state index contributed by atoms with van der Waals surface area (Å²) in [6.07, 6.45) is 0. The Bertz CT molecular complexity index is 4960. The summed E-state index contributed by atoms with van der Waals surface area (Å²) >= 11 is 22.5. The summed E-state index contributed by atoms with van der Waals surface area (Å²) in [5.74, 6) is 0.908. The number of para-hydroxylation sites is 3. The third-order valence-corrected chi connectivity index (χ3v) is 23.2. The number of hydrogen-bond acceptors (Lipinski definition) is 15. The molecular weight excluding hydrogens is 1630 g/mol. The maximum atomic E-state index is 14.3. The van der Waals surface area contributed by atoms with Gasteiger partial charge in [-0.25, -0.2) is 4.39 Å². The molecule has 3 aliphatic rings. The van der Waals surface area contributed by atoms with Crippen LogP contribution < -0.4 is 34.2 Å². The second kappa shape index (κ2) is 41.8. The van der Waals surface area contributed by atoms with Gasteiger partial charge in [0.2, 0.25) is 23.6 Å². The van der Waals surface area contributed by atoms with Crippen molar-refractivity contribution >= 4 is 146 Å². The standard InChI is InChI=1S/C33H31ClFN3O4S.C31H36ClN3O4S.C25H26ClN3O3S.ClH/c1-22-19-27(42-26-7-4-3-5-8-26)14-15-28(22)38(30(39)20-34)31(29-9-6-18-43-29)33(41)36-16-17-37(23(2)21-36)32(40)24-10-12-25(35)13-11-24;1-21-18-24(39-23-10-7-6-8-11-23)13-14-25(21)35(27(36)19-32)28(26-12-9-17-40-26)29(37)33-15-16-34(22(2)20-33)30(38)31(3,4)5;1-18-17-28(14-13-27-18)25(31)24(22-8-5-15-33-22)29(23(30)16-26)19-9-11-21(12-10-19)32-20-6-3-2-4-7-20;/h3-15,18-19,23,31H,16-17,20-21H2,1-2H3;6-14,17-18,22,28H,15-16,19-20H2,1-5H3;2-12,15,18,24,27H,13-14,16-17H2,1H3;1H/t;;18-,24?;/m..1./s1. The minimum atomic E-state index is -0.947. The van der Waals surface area contributed by atoms with Crippen molar-refractivity contribution in [2.75, 3.05) is 91.2 Å². The van der Waals surface area contributed by atoms with E-state index in [0.717, 1.165) is 33.2 Å². The van der Waals surface area contributed by atoms with E-state index in [1.165, 1.54) is 73.0 Å². The van der Waals surface area contributed by atoms with Gasteiger partial charge >= 0.3 is 0 Å². The molecule has 0 saturated carbocycles. The average Bonchev–Trinajstić information content (AvgIpc) is 1.70. The highest BCUT2D eigenvalue weighted by Crippen LogP contribution is 2.41. The minimum Gasteiger partial charge on any atom is -0.457 e. The number of hydrogen-bond donors (Lipinski definition) is 1. The van der Waals surface area contributed by atoms with Crippen LogP contribution in [0.3, 0.4) is 0 Å². The summed E-state index contributed by atoms with van der Waals surface area (Å²) in [6, 6.07) is 60.0. The molecular formula is C89H94Cl4FN9O11S3. The molecule has 6 atom stereocenters. The Hall–Kier alpha value is -10.2. The van der Waals surface area contributed by atoms with E-state index >= 15 is 0 Å². The van der Waals surface area contributed by atoms with Crippen LogP contribution in [0.1, 0.15) is 95.8 Å². The van der Waals surface area contributed by atoms with Gasteiger partial charge in [0.15, 0.2) is 0 Å². The maximum Gasteiger partial charge on any atom is 0.254 e. The molecule has 7 aromatic carbocycles. The van der Waals surface area contributed by atoms with E-state index in [9.17, 15) is 42.7 Å². The first-order valence-corrected chi connectivity index (χ1v) is 42.3. The Morgan fingerprint density at radius 1 is 0.453 bits per heavy atom. The molecule has 3 fully saturated rings. The zero-order valence-corrected chi connectivity index (χ0v) is 71.6. The van der Waals surface area contributed by atoms with E-state index in [1.807, 2.05) is 221 Å². The molecule has 117 heavy (non-hydrogen) atoms. The normalized spacial score (nSPS) is 16.1. The van der Waals surface area contributed by atoms with Crippen LogP contribution in [-0.2, 0) is 33.6 Å². The minimum absolute atomic E-state index is 0. The number of halogens is 5. The summed E-state index contributed by atoms with van der Waals surface area (Å²) in [7, 11) is 0. The second-order valence-electron chi connectivity index (χ2n) is 29.2. The number of carbonyl (C=O) groups is 8. The van der Waals surface area contributed by atoms with E-state index in [4.69, 9.17) is 49.0 Å². The van der Waals surface area contributed by atoms with E-state index in [2.05, 4.69) is 5.32 Å². The van der Waals surface area contributed by atoms with Gasteiger partial charge in [-0.15, -0.1) is 81.2 Å². The Balaban J connectivity index is 0.000000186. The van der Waals surface area contributed by atoms with E-state index < -0.39 is 35.3 Å². The van der Waals surface area contributed by atoms with Crippen molar-refractivity contribution in [3.8, 4) is 34.5 Å². The van der Waals surface area contributed by atoms with Gasteiger partial charge in [0, 0.05) is 120 Å². The first kappa shape index (κ1) is 89.2. The molecule has 0 bridgehead atoms. The second-order valence-corrected chi connectivity index (χ2v) is 33.0. The first-order valence-electron chi connectivity index (χ1n) is 38.1. The highest BCUT2D eigenvalue weighted by Gasteiger charge is 2.44. The predicted molar refractivity (Wildman–Crippen MR) is 466 cm³/mol. The highest BCUT2D eigenvalue weighted by atomic mass is 35.5. The summed E-state index contributed by atoms with van der Waals surface area (Å²) in [4.78, 5) is 124. The molecule has 1 N–H and O–H groups in total. The molecule has 614 valence electrons. The molecule has 6 heterocycles. The number of aryl methyl sites for hydroxylation is 2. The van der Waals surface area contributed by atoms with Crippen molar-refractivity contribution in [3.63, 3.8) is 0 Å². The van der Waals surface area contributed by atoms with Crippen LogP contribution in [0.4, 0.5) is 21.5 Å². The molecule has 0 radical (unpaired) electrons. The number of benzene rings is 7. The number of rotatable bonds is 22. The van der Waals surface area contributed by atoms with Crippen molar-refractivity contribution in [2.24, 2.45) is 5.41 Å². The smallest absolute Gasteiger partial charge is 0.254 e. The lowest BCUT2D eigenvalue weighted by atomic mass is 9.93. The van der Waals surface area contributed by atoms with Gasteiger partial charge in [0.1, 0.15) is 76.1 Å². The summed E-state index contributed by atoms with van der Waals surface area (Å²) in [5, 5.41) is 9.03. The van der Waals surface area contributed by atoms with Crippen LogP contribution in [0, 0.1) is 25.1 Å². The quantitative estimate of drug-likeness (QED) is 0.0630. The van der Waals surface area contributed by atoms with Gasteiger partial charge < -0.3 is 44.0 Å². The number of anilines is 3. The number of piperazine rings is 3. The highest BCUT2D eigenvalue weighted by molar-refractivity contribution is 7.10. The number of nitrogens with one attached hydrogen (secondary N) is 1. The van der Waals surface area contributed by atoms with Crippen LogP contribution in [-0.4, -0.2) is 166 Å². The number of amides is 8. The Morgan fingerprint density at radius 3 is 1.19 bits per heavy atom. The van der Waals surface area contributed by atoms with Gasteiger partial charge in [-0.05, 0) is 201 Å². The Morgan fingerprint density at radius 2 is 0.821 bits per heavy atom. The molecule has 3 aromatic heterocycles. The number of nitrogens with zero attached hydrogens (tertiary/aromatic N) is 8. The number of alkyl halides is 3. The molecule has 0 spiro atoms. The monoisotopic (exact) mass is 1720 g/mol. The molecule has 13 rings (SSSR count). The zero-order chi connectivity index (χ0) is 82.7. The molecule has 20 nitrogen and oxygen atoms in total. The summed E-state index contributed by atoms with van der Waals surface area (Å²) < 4.78 is 31.2. The van der Waals surface area contributed by atoms with E-state index in [1.54, 1.807) is 63.2 Å². The van der Waals surface area contributed by atoms with Crippen LogP contribution in [0.5, 0.6) is 34.5 Å². The fourth-order valence-electron chi connectivity index (χ4n) is 14.1. The molecule has 0 aliphatic carbocycles. The summed E-state index contributed by atoms with van der Waals surface area (Å²) in [6.45, 7) is 19.3. The van der Waals surface area contributed by atoms with Crippen molar-refractivity contribution in [1.82, 2.24) is 29.8 Å². The van der Waals surface area contributed by atoms with Crippen LogP contribution >= 0.6 is 81.2 Å². The number of carbonyl (C=O) groups excluding carboxylic acids is 8. The fraction of sp³-hybridized carbons (Fsp3) is 0.303. The third-order valence-electron chi connectivity index (χ3n) is 19.8. The van der Waals surface area contributed by atoms with Gasteiger partial charge in [-0.3, -0.25) is 53.1 Å². The Labute approximate surface area is 715 Å². The topological polar surface area (TPSA) is 202 Å². The molecule has 10 aromatic rings. The average molecular weight is 1720 g/mol. The Kier molecular flexibility index (Phi) is 31.9.